The van der Waals surface area contributed by atoms with Gasteiger partial charge < -0.3 is 4.74 Å². The van der Waals surface area contributed by atoms with Crippen molar-refractivity contribution < 1.29 is 27.5 Å². The van der Waals surface area contributed by atoms with Gasteiger partial charge in [0, 0.05) is 13.2 Å². The third-order valence-electron chi connectivity index (χ3n) is 2.23. The Morgan fingerprint density at radius 3 is 2.65 bits per heavy atom. The number of halogens is 4. The van der Waals surface area contributed by atoms with Crippen LogP contribution >= 0.6 is 11.6 Å². The van der Waals surface area contributed by atoms with E-state index in [4.69, 9.17) is 16.4 Å². The molecule has 0 aromatic carbocycles. The van der Waals surface area contributed by atoms with Gasteiger partial charge in [-0.05, 0) is 6.07 Å². The summed E-state index contributed by atoms with van der Waals surface area (Å²) in [6.07, 6.45) is -3.22. The third kappa shape index (κ3) is 4.95. The molecule has 9 heteroatoms. The van der Waals surface area contributed by atoms with Gasteiger partial charge in [-0.25, -0.2) is 5.06 Å². The van der Waals surface area contributed by atoms with Crippen LogP contribution in [0.4, 0.5) is 13.2 Å². The molecule has 5 nitrogen and oxygen atoms in total. The Labute approximate surface area is 118 Å². The van der Waals surface area contributed by atoms with E-state index in [2.05, 4.69) is 9.72 Å². The van der Waals surface area contributed by atoms with E-state index in [1.54, 1.807) is 0 Å². The number of hydroxylamine groups is 2. The number of alkyl halides is 3. The smallest absolute Gasteiger partial charge is 0.366 e. The molecule has 112 valence electrons. The maximum Gasteiger partial charge on any atom is 0.411 e. The van der Waals surface area contributed by atoms with Crippen molar-refractivity contribution in [2.45, 2.75) is 12.8 Å². The normalized spacial score (nSPS) is 11.5. The van der Waals surface area contributed by atoms with Crippen LogP contribution in [0.25, 0.3) is 0 Å². The Hall–Kier alpha value is -1.38. The first kappa shape index (κ1) is 16.7. The molecule has 0 saturated carbocycles. The van der Waals surface area contributed by atoms with E-state index in [1.165, 1.54) is 26.4 Å². The van der Waals surface area contributed by atoms with E-state index < -0.39 is 25.3 Å². The fraction of sp³-hybridized carbons (Fsp3) is 0.455. The number of hydrogen-bond donors (Lipinski definition) is 0. The summed E-state index contributed by atoms with van der Waals surface area (Å²) >= 11 is 5.84. The maximum atomic E-state index is 11.9. The minimum Gasteiger partial charge on any atom is -0.366 e. The minimum absolute atomic E-state index is 0.0440. The lowest BCUT2D eigenvalue weighted by molar-refractivity contribution is -0.176. The average Bonchev–Trinajstić information content (AvgIpc) is 2.37. The van der Waals surface area contributed by atoms with Gasteiger partial charge in [-0.2, -0.15) is 13.2 Å². The van der Waals surface area contributed by atoms with Gasteiger partial charge in [-0.3, -0.25) is 14.6 Å². The lowest BCUT2D eigenvalue weighted by Gasteiger charge is -2.14. The molecule has 1 aromatic heterocycles. The fourth-order valence-corrected chi connectivity index (χ4v) is 1.44. The molecule has 0 atom stereocenters. The molecule has 0 unspecified atom stereocenters. The van der Waals surface area contributed by atoms with Crippen LogP contribution in [0, 0.1) is 0 Å². The maximum absolute atomic E-state index is 11.9. The van der Waals surface area contributed by atoms with Crippen LogP contribution in [0.2, 0.25) is 5.02 Å². The Bertz CT molecular complexity index is 482. The van der Waals surface area contributed by atoms with Crippen molar-refractivity contribution in [3.8, 4) is 0 Å². The van der Waals surface area contributed by atoms with Gasteiger partial charge in [-0.15, -0.1) is 0 Å². The van der Waals surface area contributed by atoms with Crippen LogP contribution in [0.1, 0.15) is 16.1 Å². The standard InChI is InChI=1S/C11H12ClF3N2O3/c1-17(19-2)10(18)7-3-8(12)9(16-4-7)5-20-6-11(13,14)15/h3-4H,5-6H2,1-2H3. The Kier molecular flexibility index (Phi) is 5.73. The number of nitrogens with zero attached hydrogens (tertiary/aromatic N) is 2. The molecule has 0 fully saturated rings. The van der Waals surface area contributed by atoms with Gasteiger partial charge in [-0.1, -0.05) is 11.6 Å². The number of carbonyl (C=O) groups is 1. The second-order valence-electron chi connectivity index (χ2n) is 3.75. The molecule has 1 aromatic rings. The summed E-state index contributed by atoms with van der Waals surface area (Å²) in [6.45, 7) is -1.79. The van der Waals surface area contributed by atoms with Crippen molar-refractivity contribution in [3.63, 3.8) is 0 Å². The van der Waals surface area contributed by atoms with E-state index >= 15 is 0 Å². The van der Waals surface area contributed by atoms with Crippen LogP contribution in [0.15, 0.2) is 12.3 Å². The summed E-state index contributed by atoms with van der Waals surface area (Å²) in [4.78, 5) is 20.2. The Morgan fingerprint density at radius 2 is 2.15 bits per heavy atom. The van der Waals surface area contributed by atoms with E-state index in [-0.39, 0.29) is 16.3 Å². The summed E-state index contributed by atoms with van der Waals surface area (Å²) in [5.74, 6) is -0.482. The molecule has 0 N–H and O–H groups in total. The zero-order valence-corrected chi connectivity index (χ0v) is 11.5. The van der Waals surface area contributed by atoms with Gasteiger partial charge in [0.2, 0.25) is 0 Å². The molecule has 0 bridgehead atoms. The number of rotatable bonds is 5. The number of amides is 1. The van der Waals surface area contributed by atoms with Crippen LogP contribution in [-0.4, -0.2) is 42.9 Å². The van der Waals surface area contributed by atoms with Crippen LogP contribution in [-0.2, 0) is 16.2 Å². The lowest BCUT2D eigenvalue weighted by Crippen LogP contribution is -2.25. The molecule has 20 heavy (non-hydrogen) atoms. The van der Waals surface area contributed by atoms with Crippen molar-refractivity contribution in [1.82, 2.24) is 10.0 Å². The second-order valence-corrected chi connectivity index (χ2v) is 4.15. The largest absolute Gasteiger partial charge is 0.411 e. The number of hydrogen-bond acceptors (Lipinski definition) is 4. The lowest BCUT2D eigenvalue weighted by atomic mass is 10.2. The van der Waals surface area contributed by atoms with Gasteiger partial charge >= 0.3 is 6.18 Å². The molecular formula is C11H12ClF3N2O3. The van der Waals surface area contributed by atoms with Crippen LogP contribution in [0.5, 0.6) is 0 Å². The molecule has 0 saturated heterocycles. The van der Waals surface area contributed by atoms with E-state index in [0.717, 1.165) is 5.06 Å². The minimum atomic E-state index is -4.41. The number of pyridine rings is 1. The van der Waals surface area contributed by atoms with Crippen molar-refractivity contribution in [2.24, 2.45) is 0 Å². The van der Waals surface area contributed by atoms with Crippen molar-refractivity contribution >= 4 is 17.5 Å². The summed E-state index contributed by atoms with van der Waals surface area (Å²) in [6, 6.07) is 1.29. The predicted molar refractivity (Wildman–Crippen MR) is 64.1 cm³/mol. The first-order valence-corrected chi connectivity index (χ1v) is 5.73. The van der Waals surface area contributed by atoms with E-state index in [1.807, 2.05) is 0 Å². The van der Waals surface area contributed by atoms with Crippen molar-refractivity contribution in [2.75, 3.05) is 20.8 Å². The summed E-state index contributed by atoms with van der Waals surface area (Å²) in [7, 11) is 2.71. The van der Waals surface area contributed by atoms with Crippen molar-refractivity contribution in [3.05, 3.63) is 28.5 Å². The average molecular weight is 313 g/mol. The summed E-state index contributed by atoms with van der Waals surface area (Å²) < 4.78 is 40.2. The van der Waals surface area contributed by atoms with Gasteiger partial charge in [0.1, 0.15) is 6.61 Å². The summed E-state index contributed by atoms with van der Waals surface area (Å²) in [5, 5.41) is 1.01. The SMILES string of the molecule is CON(C)C(=O)c1cnc(COCC(F)(F)F)c(Cl)c1. The Morgan fingerprint density at radius 1 is 1.50 bits per heavy atom. The monoisotopic (exact) mass is 312 g/mol. The highest BCUT2D eigenvalue weighted by Gasteiger charge is 2.27. The first-order chi connectivity index (χ1) is 9.24. The second kappa shape index (κ2) is 6.87. The van der Waals surface area contributed by atoms with E-state index in [9.17, 15) is 18.0 Å². The van der Waals surface area contributed by atoms with Crippen molar-refractivity contribution in [1.29, 1.82) is 0 Å². The summed E-state index contributed by atoms with van der Waals surface area (Å²) in [5.41, 5.74) is 0.270. The van der Waals surface area contributed by atoms with Gasteiger partial charge in [0.25, 0.3) is 5.91 Å². The molecule has 1 heterocycles. The van der Waals surface area contributed by atoms with Gasteiger partial charge in [0.05, 0.1) is 30.0 Å². The van der Waals surface area contributed by atoms with Crippen LogP contribution in [0.3, 0.4) is 0 Å². The molecule has 0 aliphatic carbocycles. The third-order valence-corrected chi connectivity index (χ3v) is 2.56. The molecule has 0 spiro atoms. The highest BCUT2D eigenvalue weighted by molar-refractivity contribution is 6.31. The molecule has 1 amide bonds. The number of carbonyl (C=O) groups excluding carboxylic acids is 1. The fourth-order valence-electron chi connectivity index (χ4n) is 1.22. The van der Waals surface area contributed by atoms with Crippen LogP contribution < -0.4 is 0 Å². The molecule has 0 radical (unpaired) electrons. The Balaban J connectivity index is 2.71. The molecular weight excluding hydrogens is 301 g/mol. The highest BCUT2D eigenvalue weighted by Crippen LogP contribution is 2.19. The van der Waals surface area contributed by atoms with E-state index in [0.29, 0.717) is 0 Å². The topological polar surface area (TPSA) is 51.7 Å². The predicted octanol–water partition coefficient (Wildman–Crippen LogP) is 2.45. The number of aromatic nitrogens is 1. The molecule has 0 aliphatic rings. The molecule has 0 aliphatic heterocycles. The zero-order chi connectivity index (χ0) is 15.3. The quantitative estimate of drug-likeness (QED) is 0.784. The zero-order valence-electron chi connectivity index (χ0n) is 10.7. The highest BCUT2D eigenvalue weighted by atomic mass is 35.5. The molecule has 1 rings (SSSR count). The first-order valence-electron chi connectivity index (χ1n) is 5.35. The number of ether oxygens (including phenoxy) is 1. The van der Waals surface area contributed by atoms with Gasteiger partial charge in [0.15, 0.2) is 0 Å².